The fraction of sp³-hybridized carbons (Fsp3) is 0.438. The largest absolute Gasteiger partial charge is 0.481 e. The van der Waals surface area contributed by atoms with Crippen molar-refractivity contribution in [2.24, 2.45) is 11.8 Å². The highest BCUT2D eigenvalue weighted by atomic mass is 16.4. The summed E-state index contributed by atoms with van der Waals surface area (Å²) in [4.78, 5) is 35.3. The van der Waals surface area contributed by atoms with Crippen LogP contribution in [0.5, 0.6) is 0 Å². The van der Waals surface area contributed by atoms with Crippen molar-refractivity contribution in [2.45, 2.75) is 26.7 Å². The smallest absolute Gasteiger partial charge is 0.306 e. The number of carboxylic acid groups (broad SMARTS) is 1. The van der Waals surface area contributed by atoms with E-state index in [-0.39, 0.29) is 11.7 Å². The molecule has 2 unspecified atom stereocenters. The quantitative estimate of drug-likeness (QED) is 0.829. The molecule has 0 saturated heterocycles. The van der Waals surface area contributed by atoms with Gasteiger partial charge in [-0.2, -0.15) is 0 Å². The van der Waals surface area contributed by atoms with Crippen LogP contribution in [-0.2, 0) is 11.2 Å². The van der Waals surface area contributed by atoms with Crippen LogP contribution in [0.1, 0.15) is 46.5 Å². The number of aryl methyl sites for hydroxylation is 1. The number of ketones is 1. The molecule has 2 rings (SSSR count). The van der Waals surface area contributed by atoms with Crippen LogP contribution in [0.4, 0.5) is 0 Å². The van der Waals surface area contributed by atoms with Gasteiger partial charge in [0, 0.05) is 23.6 Å². The lowest BCUT2D eigenvalue weighted by molar-refractivity contribution is -0.142. The Morgan fingerprint density at radius 2 is 1.95 bits per heavy atom. The number of carbonyl (C=O) groups excluding carboxylic acids is 2. The normalized spacial score (nSPS) is 17.1. The van der Waals surface area contributed by atoms with Crippen LogP contribution in [0, 0.1) is 11.8 Å². The topological polar surface area (TPSA) is 83.5 Å². The Bertz CT molecular complexity index is 594. The van der Waals surface area contributed by atoms with Gasteiger partial charge in [0.15, 0.2) is 5.78 Å². The number of amides is 1. The van der Waals surface area contributed by atoms with Gasteiger partial charge >= 0.3 is 5.97 Å². The Labute approximate surface area is 123 Å². The first kappa shape index (κ1) is 15.2. The van der Waals surface area contributed by atoms with Gasteiger partial charge in [-0.15, -0.1) is 0 Å². The number of hydrogen-bond donors (Lipinski definition) is 2. The highest BCUT2D eigenvalue weighted by Gasteiger charge is 2.27. The van der Waals surface area contributed by atoms with Gasteiger partial charge < -0.3 is 10.4 Å². The molecule has 5 heteroatoms. The summed E-state index contributed by atoms with van der Waals surface area (Å²) in [5, 5.41) is 11.8. The zero-order valence-electron chi connectivity index (χ0n) is 12.2. The molecule has 0 bridgehead atoms. The maximum atomic E-state index is 12.4. The van der Waals surface area contributed by atoms with Crippen molar-refractivity contribution in [1.29, 1.82) is 0 Å². The average molecular weight is 289 g/mol. The van der Waals surface area contributed by atoms with E-state index in [0.29, 0.717) is 17.7 Å². The van der Waals surface area contributed by atoms with Gasteiger partial charge in [-0.1, -0.05) is 26.0 Å². The molecule has 1 aliphatic heterocycles. The van der Waals surface area contributed by atoms with Crippen molar-refractivity contribution in [3.8, 4) is 0 Å². The van der Waals surface area contributed by atoms with Crippen LogP contribution in [0.2, 0.25) is 0 Å². The maximum Gasteiger partial charge on any atom is 0.306 e. The Morgan fingerprint density at radius 3 is 2.62 bits per heavy atom. The molecule has 112 valence electrons. The lowest BCUT2D eigenvalue weighted by Crippen LogP contribution is -2.26. The molecule has 0 spiro atoms. The average Bonchev–Trinajstić information content (AvgIpc) is 2.66. The minimum atomic E-state index is -0.997. The Balaban J connectivity index is 2.31. The Kier molecular flexibility index (Phi) is 4.40. The zero-order valence-corrected chi connectivity index (χ0v) is 12.2. The lowest BCUT2D eigenvalue weighted by atomic mass is 9.87. The third-order valence-electron chi connectivity index (χ3n) is 4.10. The fourth-order valence-electron chi connectivity index (χ4n) is 2.44. The van der Waals surface area contributed by atoms with Crippen molar-refractivity contribution in [3.63, 3.8) is 0 Å². The van der Waals surface area contributed by atoms with E-state index >= 15 is 0 Å². The summed E-state index contributed by atoms with van der Waals surface area (Å²) in [6, 6.07) is 5.07. The van der Waals surface area contributed by atoms with E-state index in [1.807, 2.05) is 0 Å². The van der Waals surface area contributed by atoms with Crippen molar-refractivity contribution in [1.82, 2.24) is 5.32 Å². The molecule has 0 fully saturated rings. The minimum absolute atomic E-state index is 0.170. The fourth-order valence-corrected chi connectivity index (χ4v) is 2.44. The molecule has 1 aromatic carbocycles. The Hall–Kier alpha value is -2.17. The predicted octanol–water partition coefficient (Wildman–Crippen LogP) is 1.90. The van der Waals surface area contributed by atoms with Gasteiger partial charge in [0.05, 0.1) is 5.92 Å². The molecule has 0 aromatic heterocycles. The lowest BCUT2D eigenvalue weighted by Gasteiger charge is -2.15. The van der Waals surface area contributed by atoms with E-state index in [4.69, 9.17) is 5.11 Å². The number of carbonyl (C=O) groups is 3. The SMILES string of the molecule is CC(C(=O)O)C(C)C(=O)c1ccc2c(c1)C(=O)NCCC2. The summed E-state index contributed by atoms with van der Waals surface area (Å²) in [6.07, 6.45) is 1.67. The van der Waals surface area contributed by atoms with Crippen LogP contribution >= 0.6 is 0 Å². The molecule has 1 aliphatic rings. The van der Waals surface area contributed by atoms with Crippen molar-refractivity contribution in [3.05, 3.63) is 34.9 Å². The van der Waals surface area contributed by atoms with E-state index in [9.17, 15) is 14.4 Å². The number of aliphatic carboxylic acids is 1. The van der Waals surface area contributed by atoms with E-state index in [1.165, 1.54) is 6.92 Å². The molecule has 5 nitrogen and oxygen atoms in total. The van der Waals surface area contributed by atoms with E-state index < -0.39 is 17.8 Å². The highest BCUT2D eigenvalue weighted by Crippen LogP contribution is 2.21. The van der Waals surface area contributed by atoms with Gasteiger partial charge in [-0.25, -0.2) is 0 Å². The molecule has 1 aromatic rings. The second kappa shape index (κ2) is 6.08. The summed E-state index contributed by atoms with van der Waals surface area (Å²) in [5.74, 6) is -2.80. The van der Waals surface area contributed by atoms with Gasteiger partial charge in [-0.05, 0) is 24.5 Å². The summed E-state index contributed by atoms with van der Waals surface area (Å²) in [5.41, 5.74) is 1.85. The van der Waals surface area contributed by atoms with Gasteiger partial charge in [-0.3, -0.25) is 14.4 Å². The van der Waals surface area contributed by atoms with E-state index in [1.54, 1.807) is 25.1 Å². The van der Waals surface area contributed by atoms with E-state index in [0.717, 1.165) is 18.4 Å². The second-order valence-electron chi connectivity index (χ2n) is 5.51. The molecule has 0 saturated carbocycles. The minimum Gasteiger partial charge on any atom is -0.481 e. The molecule has 0 radical (unpaired) electrons. The number of hydrogen-bond acceptors (Lipinski definition) is 3. The summed E-state index contributed by atoms with van der Waals surface area (Å²) >= 11 is 0. The van der Waals surface area contributed by atoms with Crippen molar-refractivity contribution >= 4 is 17.7 Å². The van der Waals surface area contributed by atoms with Crippen molar-refractivity contribution < 1.29 is 19.5 Å². The molecule has 21 heavy (non-hydrogen) atoms. The third kappa shape index (κ3) is 3.12. The maximum absolute atomic E-state index is 12.4. The first-order valence-corrected chi connectivity index (χ1v) is 7.10. The predicted molar refractivity (Wildman–Crippen MR) is 77.4 cm³/mol. The van der Waals surface area contributed by atoms with Gasteiger partial charge in [0.1, 0.15) is 0 Å². The molecule has 2 atom stereocenters. The van der Waals surface area contributed by atoms with Gasteiger partial charge in [0.25, 0.3) is 5.91 Å². The number of carboxylic acids is 1. The number of benzene rings is 1. The highest BCUT2D eigenvalue weighted by molar-refractivity contribution is 6.03. The zero-order chi connectivity index (χ0) is 15.6. The van der Waals surface area contributed by atoms with Crippen LogP contribution in [0.15, 0.2) is 18.2 Å². The summed E-state index contributed by atoms with van der Waals surface area (Å²) in [6.45, 7) is 3.75. The number of rotatable bonds is 4. The number of Topliss-reactive ketones (excluding diaryl/α,β-unsaturated/α-hetero) is 1. The van der Waals surface area contributed by atoms with Crippen LogP contribution < -0.4 is 5.32 Å². The third-order valence-corrected chi connectivity index (χ3v) is 4.10. The molecular formula is C16H19NO4. The molecular weight excluding hydrogens is 270 g/mol. The van der Waals surface area contributed by atoms with Crippen LogP contribution in [0.25, 0.3) is 0 Å². The standard InChI is InChI=1S/C16H19NO4/c1-9(10(2)16(20)21)14(18)12-6-5-11-4-3-7-17-15(19)13(11)8-12/h5-6,8-10H,3-4,7H2,1-2H3,(H,17,19)(H,20,21). The first-order valence-electron chi connectivity index (χ1n) is 7.10. The van der Waals surface area contributed by atoms with Crippen LogP contribution in [-0.4, -0.2) is 29.3 Å². The van der Waals surface area contributed by atoms with Crippen molar-refractivity contribution in [2.75, 3.05) is 6.54 Å². The first-order chi connectivity index (χ1) is 9.91. The molecule has 2 N–H and O–H groups in total. The summed E-state index contributed by atoms with van der Waals surface area (Å²) in [7, 11) is 0. The molecule has 1 amide bonds. The summed E-state index contributed by atoms with van der Waals surface area (Å²) < 4.78 is 0. The van der Waals surface area contributed by atoms with Crippen LogP contribution in [0.3, 0.4) is 0 Å². The monoisotopic (exact) mass is 289 g/mol. The number of fused-ring (bicyclic) bond motifs is 1. The Morgan fingerprint density at radius 1 is 1.24 bits per heavy atom. The number of nitrogens with one attached hydrogen (secondary N) is 1. The molecule has 0 aliphatic carbocycles. The van der Waals surface area contributed by atoms with Gasteiger partial charge in [0.2, 0.25) is 0 Å². The van der Waals surface area contributed by atoms with E-state index in [2.05, 4.69) is 5.32 Å². The molecule has 1 heterocycles. The second-order valence-corrected chi connectivity index (χ2v) is 5.51.